The maximum atomic E-state index is 12.0. The Bertz CT molecular complexity index is 387. The fraction of sp³-hybridized carbons (Fsp3) is 0.769. The van der Waals surface area contributed by atoms with E-state index in [2.05, 4.69) is 5.32 Å². The number of rotatable bonds is 3. The Morgan fingerprint density at radius 2 is 1.89 bits per heavy atom. The molecule has 1 aliphatic heterocycles. The van der Waals surface area contributed by atoms with E-state index >= 15 is 0 Å². The van der Waals surface area contributed by atoms with Gasteiger partial charge in [0.05, 0.1) is 12.5 Å². The van der Waals surface area contributed by atoms with E-state index in [0.717, 1.165) is 0 Å². The molecule has 2 atom stereocenters. The van der Waals surface area contributed by atoms with Crippen molar-refractivity contribution in [3.63, 3.8) is 0 Å². The van der Waals surface area contributed by atoms with Crippen molar-refractivity contribution in [2.24, 2.45) is 11.3 Å². The van der Waals surface area contributed by atoms with Crippen LogP contribution in [-0.2, 0) is 14.4 Å². The van der Waals surface area contributed by atoms with E-state index < -0.39 is 17.3 Å². The number of hydrogen-bond donors (Lipinski definition) is 2. The lowest BCUT2D eigenvalue weighted by Crippen LogP contribution is -2.45. The van der Waals surface area contributed by atoms with Gasteiger partial charge in [-0.3, -0.25) is 14.4 Å². The van der Waals surface area contributed by atoms with E-state index in [1.165, 1.54) is 4.90 Å². The highest BCUT2D eigenvalue weighted by Crippen LogP contribution is 2.24. The van der Waals surface area contributed by atoms with Gasteiger partial charge in [0.1, 0.15) is 0 Å². The third-order valence-electron chi connectivity index (χ3n) is 3.47. The molecule has 1 saturated heterocycles. The molecule has 0 aromatic heterocycles. The summed E-state index contributed by atoms with van der Waals surface area (Å²) in [5.74, 6) is -1.81. The zero-order chi connectivity index (χ0) is 14.8. The fourth-order valence-corrected chi connectivity index (χ4v) is 2.14. The van der Waals surface area contributed by atoms with E-state index in [-0.39, 0.29) is 24.4 Å². The SMILES string of the molecule is CC1C(C(=O)O)CCN1C(=O)CNC(=O)C(C)(C)C. The van der Waals surface area contributed by atoms with Crippen molar-refractivity contribution >= 4 is 17.8 Å². The molecule has 0 aromatic rings. The normalized spacial score (nSPS) is 23.3. The van der Waals surface area contributed by atoms with Crippen LogP contribution < -0.4 is 5.32 Å². The number of carboxylic acid groups (broad SMARTS) is 1. The average molecular weight is 270 g/mol. The predicted octanol–water partition coefficient (Wildman–Crippen LogP) is 0.470. The molecular weight excluding hydrogens is 248 g/mol. The molecule has 108 valence electrons. The number of carbonyl (C=O) groups excluding carboxylic acids is 2. The summed E-state index contributed by atoms with van der Waals surface area (Å²) in [7, 11) is 0. The van der Waals surface area contributed by atoms with Crippen molar-refractivity contribution in [1.82, 2.24) is 10.2 Å². The highest BCUT2D eigenvalue weighted by molar-refractivity contribution is 5.87. The first-order valence-electron chi connectivity index (χ1n) is 6.45. The highest BCUT2D eigenvalue weighted by Gasteiger charge is 2.38. The predicted molar refractivity (Wildman–Crippen MR) is 69.4 cm³/mol. The van der Waals surface area contributed by atoms with E-state index in [1.54, 1.807) is 27.7 Å². The topological polar surface area (TPSA) is 86.7 Å². The zero-order valence-corrected chi connectivity index (χ0v) is 11.9. The number of aliphatic carboxylic acids is 1. The first-order chi connectivity index (χ1) is 8.64. The van der Waals surface area contributed by atoms with Gasteiger partial charge >= 0.3 is 5.97 Å². The molecule has 0 saturated carbocycles. The second-order valence-electron chi connectivity index (χ2n) is 5.99. The molecule has 1 aliphatic rings. The minimum atomic E-state index is -0.874. The Hall–Kier alpha value is -1.59. The van der Waals surface area contributed by atoms with E-state index in [1.807, 2.05) is 0 Å². The molecule has 6 nitrogen and oxygen atoms in total. The maximum absolute atomic E-state index is 12.0. The van der Waals surface area contributed by atoms with Gasteiger partial charge in [0, 0.05) is 18.0 Å². The van der Waals surface area contributed by atoms with E-state index in [9.17, 15) is 14.4 Å². The van der Waals surface area contributed by atoms with Gasteiger partial charge in [-0.1, -0.05) is 20.8 Å². The number of nitrogens with zero attached hydrogens (tertiary/aromatic N) is 1. The number of carbonyl (C=O) groups is 3. The van der Waals surface area contributed by atoms with Crippen molar-refractivity contribution in [3.8, 4) is 0 Å². The molecule has 0 bridgehead atoms. The molecule has 1 rings (SSSR count). The maximum Gasteiger partial charge on any atom is 0.308 e. The van der Waals surface area contributed by atoms with Gasteiger partial charge in [-0.25, -0.2) is 0 Å². The van der Waals surface area contributed by atoms with Crippen LogP contribution in [0.15, 0.2) is 0 Å². The lowest BCUT2D eigenvalue weighted by molar-refractivity contribution is -0.143. The van der Waals surface area contributed by atoms with Crippen LogP contribution in [0.1, 0.15) is 34.1 Å². The molecule has 1 heterocycles. The van der Waals surface area contributed by atoms with Crippen LogP contribution in [0.3, 0.4) is 0 Å². The second kappa shape index (κ2) is 5.59. The Kier molecular flexibility index (Phi) is 4.55. The van der Waals surface area contributed by atoms with Crippen LogP contribution in [0.5, 0.6) is 0 Å². The fourth-order valence-electron chi connectivity index (χ4n) is 2.14. The van der Waals surface area contributed by atoms with Gasteiger partial charge in [-0.05, 0) is 13.3 Å². The number of likely N-dealkylation sites (tertiary alicyclic amines) is 1. The summed E-state index contributed by atoms with van der Waals surface area (Å²) in [5.41, 5.74) is -0.541. The molecular formula is C13H22N2O4. The summed E-state index contributed by atoms with van der Waals surface area (Å²) in [4.78, 5) is 36.1. The van der Waals surface area contributed by atoms with Crippen molar-refractivity contribution in [1.29, 1.82) is 0 Å². The van der Waals surface area contributed by atoms with Gasteiger partial charge < -0.3 is 15.3 Å². The van der Waals surface area contributed by atoms with Crippen molar-refractivity contribution in [2.45, 2.75) is 40.2 Å². The van der Waals surface area contributed by atoms with E-state index in [0.29, 0.717) is 13.0 Å². The first-order valence-corrected chi connectivity index (χ1v) is 6.45. The summed E-state index contributed by atoms with van der Waals surface area (Å²) in [5, 5.41) is 11.6. The van der Waals surface area contributed by atoms with Crippen LogP contribution >= 0.6 is 0 Å². The van der Waals surface area contributed by atoms with Gasteiger partial charge in [-0.2, -0.15) is 0 Å². The summed E-state index contributed by atoms with van der Waals surface area (Å²) in [6.07, 6.45) is 0.468. The molecule has 2 amide bonds. The minimum absolute atomic E-state index is 0.0766. The van der Waals surface area contributed by atoms with Crippen LogP contribution in [0.25, 0.3) is 0 Å². The Morgan fingerprint density at radius 3 is 2.32 bits per heavy atom. The van der Waals surface area contributed by atoms with Gasteiger partial charge in [0.15, 0.2) is 0 Å². The molecule has 0 aliphatic carbocycles. The molecule has 2 N–H and O–H groups in total. The number of amides is 2. The number of carboxylic acids is 1. The van der Waals surface area contributed by atoms with Crippen LogP contribution in [0, 0.1) is 11.3 Å². The van der Waals surface area contributed by atoms with Gasteiger partial charge in [0.2, 0.25) is 11.8 Å². The largest absolute Gasteiger partial charge is 0.481 e. The monoisotopic (exact) mass is 270 g/mol. The lowest BCUT2D eigenvalue weighted by Gasteiger charge is -2.24. The summed E-state index contributed by atoms with van der Waals surface area (Å²) in [6, 6.07) is -0.323. The highest BCUT2D eigenvalue weighted by atomic mass is 16.4. The van der Waals surface area contributed by atoms with E-state index in [4.69, 9.17) is 5.11 Å². The Balaban J connectivity index is 2.52. The first kappa shape index (κ1) is 15.5. The summed E-state index contributed by atoms with van der Waals surface area (Å²) in [6.45, 7) is 7.40. The number of nitrogens with one attached hydrogen (secondary N) is 1. The van der Waals surface area contributed by atoms with Gasteiger partial charge in [-0.15, -0.1) is 0 Å². The molecule has 1 fully saturated rings. The molecule has 6 heteroatoms. The van der Waals surface area contributed by atoms with Crippen LogP contribution in [-0.4, -0.2) is 46.9 Å². The molecule has 19 heavy (non-hydrogen) atoms. The minimum Gasteiger partial charge on any atom is -0.481 e. The summed E-state index contributed by atoms with van der Waals surface area (Å²) >= 11 is 0. The zero-order valence-electron chi connectivity index (χ0n) is 11.9. The quantitative estimate of drug-likeness (QED) is 0.780. The smallest absolute Gasteiger partial charge is 0.308 e. The van der Waals surface area contributed by atoms with Crippen molar-refractivity contribution < 1.29 is 19.5 Å². The third-order valence-corrected chi connectivity index (χ3v) is 3.47. The molecule has 0 spiro atoms. The Morgan fingerprint density at radius 1 is 1.32 bits per heavy atom. The van der Waals surface area contributed by atoms with Crippen molar-refractivity contribution in [3.05, 3.63) is 0 Å². The van der Waals surface area contributed by atoms with Crippen LogP contribution in [0.4, 0.5) is 0 Å². The molecule has 0 radical (unpaired) electrons. The Labute approximate surface area is 113 Å². The standard InChI is InChI=1S/C13H22N2O4/c1-8-9(11(17)18)5-6-15(8)10(16)7-14-12(19)13(2,3)4/h8-9H,5-7H2,1-4H3,(H,14,19)(H,17,18). The number of hydrogen-bond acceptors (Lipinski definition) is 3. The molecule has 2 unspecified atom stereocenters. The second-order valence-corrected chi connectivity index (χ2v) is 5.99. The third kappa shape index (κ3) is 3.68. The molecule has 0 aromatic carbocycles. The lowest BCUT2D eigenvalue weighted by atomic mass is 9.96. The van der Waals surface area contributed by atoms with Gasteiger partial charge in [0.25, 0.3) is 0 Å². The average Bonchev–Trinajstić information content (AvgIpc) is 2.66. The van der Waals surface area contributed by atoms with Crippen LogP contribution in [0.2, 0.25) is 0 Å². The summed E-state index contributed by atoms with van der Waals surface area (Å²) < 4.78 is 0. The van der Waals surface area contributed by atoms with Crippen molar-refractivity contribution in [2.75, 3.05) is 13.1 Å².